The van der Waals surface area contributed by atoms with Crippen LogP contribution in [0.4, 0.5) is 5.69 Å². The molecule has 1 aliphatic rings. The standard InChI is InChI=1S/C20H21N3O2S/c1-15-13-21-10-11-23(15)19-9-5-6-16-12-18(14-22-20(16)19)26(24,25)17-7-3-2-4-8-17/h2-9,12,14-15,21H,10-11,13H2,1H3. The van der Waals surface area contributed by atoms with E-state index in [1.54, 1.807) is 36.4 Å². The van der Waals surface area contributed by atoms with Gasteiger partial charge in [0.15, 0.2) is 0 Å². The number of nitrogens with one attached hydrogen (secondary N) is 1. The van der Waals surface area contributed by atoms with Crippen LogP contribution in [-0.2, 0) is 9.84 Å². The summed E-state index contributed by atoms with van der Waals surface area (Å²) in [5.74, 6) is 0. The van der Waals surface area contributed by atoms with Gasteiger partial charge in [0, 0.05) is 37.3 Å². The number of rotatable bonds is 3. The first-order valence-electron chi connectivity index (χ1n) is 8.73. The molecule has 1 saturated heterocycles. The maximum absolute atomic E-state index is 12.9. The molecule has 3 aromatic rings. The second-order valence-corrected chi connectivity index (χ2v) is 8.53. The fourth-order valence-corrected chi connectivity index (χ4v) is 4.70. The van der Waals surface area contributed by atoms with E-state index in [1.165, 1.54) is 6.20 Å². The van der Waals surface area contributed by atoms with Crippen LogP contribution in [0.15, 0.2) is 70.6 Å². The van der Waals surface area contributed by atoms with Gasteiger partial charge in [0.25, 0.3) is 0 Å². The SMILES string of the molecule is CC1CNCCN1c1cccc2cc(S(=O)(=O)c3ccccc3)cnc12. The number of aromatic nitrogens is 1. The summed E-state index contributed by atoms with van der Waals surface area (Å²) >= 11 is 0. The minimum Gasteiger partial charge on any atom is -0.365 e. The van der Waals surface area contributed by atoms with Gasteiger partial charge in [-0.3, -0.25) is 4.98 Å². The van der Waals surface area contributed by atoms with Crippen LogP contribution in [0.5, 0.6) is 0 Å². The molecule has 6 heteroatoms. The molecule has 1 unspecified atom stereocenters. The van der Waals surface area contributed by atoms with Gasteiger partial charge < -0.3 is 10.2 Å². The largest absolute Gasteiger partial charge is 0.365 e. The zero-order chi connectivity index (χ0) is 18.1. The Kier molecular flexibility index (Phi) is 4.38. The van der Waals surface area contributed by atoms with Gasteiger partial charge in [0.2, 0.25) is 9.84 Å². The van der Waals surface area contributed by atoms with E-state index in [0.717, 1.165) is 36.2 Å². The van der Waals surface area contributed by atoms with Gasteiger partial charge in [-0.1, -0.05) is 30.3 Å². The summed E-state index contributed by atoms with van der Waals surface area (Å²) in [6.07, 6.45) is 1.47. The number of hydrogen-bond acceptors (Lipinski definition) is 5. The molecule has 0 aliphatic carbocycles. The van der Waals surface area contributed by atoms with Crippen molar-refractivity contribution < 1.29 is 8.42 Å². The van der Waals surface area contributed by atoms with E-state index in [1.807, 2.05) is 12.1 Å². The van der Waals surface area contributed by atoms with Crippen LogP contribution in [0, 0.1) is 0 Å². The lowest BCUT2D eigenvalue weighted by molar-refractivity contribution is 0.501. The number of pyridine rings is 1. The van der Waals surface area contributed by atoms with E-state index >= 15 is 0 Å². The molecule has 0 bridgehead atoms. The van der Waals surface area contributed by atoms with Crippen molar-refractivity contribution in [3.05, 3.63) is 60.8 Å². The van der Waals surface area contributed by atoms with Crippen LogP contribution in [-0.4, -0.2) is 39.1 Å². The van der Waals surface area contributed by atoms with E-state index < -0.39 is 9.84 Å². The van der Waals surface area contributed by atoms with Crippen molar-refractivity contribution in [3.8, 4) is 0 Å². The lowest BCUT2D eigenvalue weighted by atomic mass is 10.1. The number of anilines is 1. The van der Waals surface area contributed by atoms with Crippen molar-refractivity contribution in [2.45, 2.75) is 22.8 Å². The predicted molar refractivity (Wildman–Crippen MR) is 103 cm³/mol. The zero-order valence-electron chi connectivity index (χ0n) is 14.6. The Bertz CT molecular complexity index is 1040. The first kappa shape index (κ1) is 17.0. The number of para-hydroxylation sites is 1. The molecule has 2 aromatic carbocycles. The lowest BCUT2D eigenvalue weighted by Gasteiger charge is -2.36. The molecule has 2 heterocycles. The normalized spacial score (nSPS) is 18.2. The Morgan fingerprint density at radius 3 is 2.65 bits per heavy atom. The van der Waals surface area contributed by atoms with Gasteiger partial charge in [0.05, 0.1) is 21.0 Å². The van der Waals surface area contributed by atoms with Crippen LogP contribution in [0.1, 0.15) is 6.92 Å². The van der Waals surface area contributed by atoms with Crippen LogP contribution in [0.3, 0.4) is 0 Å². The van der Waals surface area contributed by atoms with Crippen LogP contribution in [0.2, 0.25) is 0 Å². The third kappa shape index (κ3) is 2.95. The Labute approximate surface area is 153 Å². The monoisotopic (exact) mass is 367 g/mol. The number of fused-ring (bicyclic) bond motifs is 1. The molecule has 4 rings (SSSR count). The third-order valence-electron chi connectivity index (χ3n) is 4.84. The average molecular weight is 367 g/mol. The summed E-state index contributed by atoms with van der Waals surface area (Å²) in [6, 6.07) is 16.5. The molecule has 1 aromatic heterocycles. The average Bonchev–Trinajstić information content (AvgIpc) is 2.68. The van der Waals surface area contributed by atoms with Crippen molar-refractivity contribution in [1.29, 1.82) is 0 Å². The molecule has 0 spiro atoms. The van der Waals surface area contributed by atoms with E-state index in [-0.39, 0.29) is 9.79 Å². The third-order valence-corrected chi connectivity index (χ3v) is 6.58. The van der Waals surface area contributed by atoms with E-state index in [2.05, 4.69) is 28.2 Å². The van der Waals surface area contributed by atoms with Crippen LogP contribution >= 0.6 is 0 Å². The Morgan fingerprint density at radius 2 is 1.88 bits per heavy atom. The van der Waals surface area contributed by atoms with E-state index in [4.69, 9.17) is 0 Å². The molecule has 1 N–H and O–H groups in total. The minimum absolute atomic E-state index is 0.224. The van der Waals surface area contributed by atoms with Crippen molar-refractivity contribution in [2.24, 2.45) is 0 Å². The quantitative estimate of drug-likeness (QED) is 0.771. The van der Waals surface area contributed by atoms with Gasteiger partial charge in [-0.25, -0.2) is 8.42 Å². The summed E-state index contributed by atoms with van der Waals surface area (Å²) in [6.45, 7) is 4.95. The van der Waals surface area contributed by atoms with Crippen molar-refractivity contribution in [1.82, 2.24) is 10.3 Å². The topological polar surface area (TPSA) is 62.3 Å². The van der Waals surface area contributed by atoms with Crippen LogP contribution < -0.4 is 10.2 Å². The first-order chi connectivity index (χ1) is 12.6. The van der Waals surface area contributed by atoms with Crippen LogP contribution in [0.25, 0.3) is 10.9 Å². The van der Waals surface area contributed by atoms with Gasteiger partial charge in [-0.15, -0.1) is 0 Å². The van der Waals surface area contributed by atoms with Gasteiger partial charge in [-0.2, -0.15) is 0 Å². The minimum atomic E-state index is -3.57. The van der Waals surface area contributed by atoms with E-state index in [9.17, 15) is 8.42 Å². The fraction of sp³-hybridized carbons (Fsp3) is 0.250. The summed E-state index contributed by atoms with van der Waals surface area (Å²) in [4.78, 5) is 7.38. The van der Waals surface area contributed by atoms with Gasteiger partial charge >= 0.3 is 0 Å². The second-order valence-electron chi connectivity index (χ2n) is 6.58. The molecule has 1 atom stereocenters. The molecule has 134 valence electrons. The summed E-state index contributed by atoms with van der Waals surface area (Å²) in [7, 11) is -3.57. The highest BCUT2D eigenvalue weighted by Crippen LogP contribution is 2.30. The van der Waals surface area contributed by atoms with Gasteiger partial charge in [-0.05, 0) is 31.2 Å². The highest BCUT2D eigenvalue weighted by Gasteiger charge is 2.22. The summed E-state index contributed by atoms with van der Waals surface area (Å²) < 4.78 is 25.7. The number of sulfone groups is 1. The first-order valence-corrected chi connectivity index (χ1v) is 10.2. The molecular formula is C20H21N3O2S. The molecule has 1 fully saturated rings. The summed E-state index contributed by atoms with van der Waals surface area (Å²) in [5, 5.41) is 4.23. The maximum atomic E-state index is 12.9. The van der Waals surface area contributed by atoms with Crippen molar-refractivity contribution >= 4 is 26.4 Å². The molecular weight excluding hydrogens is 346 g/mol. The van der Waals surface area contributed by atoms with Gasteiger partial charge in [0.1, 0.15) is 0 Å². The number of piperazine rings is 1. The number of benzene rings is 2. The van der Waals surface area contributed by atoms with E-state index in [0.29, 0.717) is 6.04 Å². The molecule has 26 heavy (non-hydrogen) atoms. The highest BCUT2D eigenvalue weighted by molar-refractivity contribution is 7.91. The maximum Gasteiger partial charge on any atom is 0.208 e. The Morgan fingerprint density at radius 1 is 1.08 bits per heavy atom. The number of hydrogen-bond donors (Lipinski definition) is 1. The predicted octanol–water partition coefficient (Wildman–Crippen LogP) is 2.87. The number of nitrogens with zero attached hydrogens (tertiary/aromatic N) is 2. The van der Waals surface area contributed by atoms with Crippen molar-refractivity contribution in [3.63, 3.8) is 0 Å². The molecule has 0 amide bonds. The smallest absolute Gasteiger partial charge is 0.208 e. The zero-order valence-corrected chi connectivity index (χ0v) is 15.4. The molecule has 1 aliphatic heterocycles. The Hall–Kier alpha value is -2.44. The second kappa shape index (κ2) is 6.70. The molecule has 0 radical (unpaired) electrons. The fourth-order valence-electron chi connectivity index (χ4n) is 3.44. The highest BCUT2D eigenvalue weighted by atomic mass is 32.2. The Balaban J connectivity index is 1.80. The summed E-state index contributed by atoms with van der Waals surface area (Å²) in [5.41, 5.74) is 1.90. The van der Waals surface area contributed by atoms with Crippen molar-refractivity contribution in [2.75, 3.05) is 24.5 Å². The molecule has 0 saturated carbocycles. The lowest BCUT2D eigenvalue weighted by Crippen LogP contribution is -2.50. The molecule has 5 nitrogen and oxygen atoms in total.